The summed E-state index contributed by atoms with van der Waals surface area (Å²) < 4.78 is 0. The molecule has 0 radical (unpaired) electrons. The Labute approximate surface area is 123 Å². The molecule has 0 unspecified atom stereocenters. The molecule has 0 aliphatic heterocycles. The van der Waals surface area contributed by atoms with Crippen molar-refractivity contribution in [3.63, 3.8) is 0 Å². The Morgan fingerprint density at radius 2 is 1.95 bits per heavy atom. The van der Waals surface area contributed by atoms with Gasteiger partial charge in [0.05, 0.1) is 5.56 Å². The van der Waals surface area contributed by atoms with Gasteiger partial charge < -0.3 is 15.3 Å². The first-order chi connectivity index (χ1) is 9.54. The molecule has 0 aromatic heterocycles. The second-order valence-corrected chi connectivity index (χ2v) is 5.41. The molecule has 0 aliphatic rings. The number of hydrogen-bond acceptors (Lipinski definition) is 3. The topological polar surface area (TPSA) is 69.6 Å². The molecule has 20 heavy (non-hydrogen) atoms. The zero-order chi connectivity index (χ0) is 15.0. The van der Waals surface area contributed by atoms with E-state index in [1.54, 1.807) is 35.8 Å². The summed E-state index contributed by atoms with van der Waals surface area (Å²) in [5.41, 5.74) is 1.12. The average Bonchev–Trinajstić information content (AvgIpc) is 2.45. The molecule has 0 spiro atoms. The molecule has 0 saturated carbocycles. The molecule has 2 amide bonds. The molecule has 1 rings (SSSR count). The Bertz CT molecular complexity index is 448. The first-order valence-corrected chi connectivity index (χ1v) is 7.74. The van der Waals surface area contributed by atoms with Crippen LogP contribution in [0.3, 0.4) is 0 Å². The molecule has 1 aromatic rings. The fourth-order valence-electron chi connectivity index (χ4n) is 1.63. The van der Waals surface area contributed by atoms with Crippen LogP contribution in [0.2, 0.25) is 0 Å². The van der Waals surface area contributed by atoms with Crippen molar-refractivity contribution in [3.8, 4) is 0 Å². The summed E-state index contributed by atoms with van der Waals surface area (Å²) in [5, 5.41) is 11.6. The van der Waals surface area contributed by atoms with Crippen LogP contribution >= 0.6 is 11.8 Å². The van der Waals surface area contributed by atoms with E-state index in [2.05, 4.69) is 5.32 Å². The lowest BCUT2D eigenvalue weighted by atomic mass is 10.1. The third-order valence-electron chi connectivity index (χ3n) is 2.83. The average molecular weight is 296 g/mol. The molecule has 0 bridgehead atoms. The predicted molar refractivity (Wildman–Crippen MR) is 81.3 cm³/mol. The van der Waals surface area contributed by atoms with E-state index in [1.807, 2.05) is 6.26 Å². The zero-order valence-corrected chi connectivity index (χ0v) is 12.6. The van der Waals surface area contributed by atoms with Crippen LogP contribution in [0.4, 0.5) is 4.79 Å². The Hall–Kier alpha value is -1.69. The van der Waals surface area contributed by atoms with Crippen LogP contribution in [0.25, 0.3) is 0 Å². The number of rotatable bonds is 7. The van der Waals surface area contributed by atoms with E-state index < -0.39 is 5.97 Å². The summed E-state index contributed by atoms with van der Waals surface area (Å²) in [6.45, 7) is 1.12. The number of amides is 2. The summed E-state index contributed by atoms with van der Waals surface area (Å²) in [4.78, 5) is 24.2. The van der Waals surface area contributed by atoms with Crippen molar-refractivity contribution < 1.29 is 14.7 Å². The number of carbonyl (C=O) groups is 2. The van der Waals surface area contributed by atoms with Gasteiger partial charge in [-0.05, 0) is 36.1 Å². The fourth-order valence-corrected chi connectivity index (χ4v) is 2.04. The summed E-state index contributed by atoms with van der Waals surface area (Å²) in [7, 11) is 1.77. The van der Waals surface area contributed by atoms with Gasteiger partial charge in [0.1, 0.15) is 0 Å². The Morgan fingerprint density at radius 1 is 1.30 bits per heavy atom. The lowest BCUT2D eigenvalue weighted by Crippen LogP contribution is -2.37. The summed E-state index contributed by atoms with van der Waals surface area (Å²) in [6.07, 6.45) is 3.01. The molecular weight excluding hydrogens is 276 g/mol. The molecular formula is C14H20N2O3S. The standard InChI is InChI=1S/C14H20N2O3S/c1-16(8-3-9-20-2)14(19)15-10-11-4-6-12(7-5-11)13(17)18/h4-7H,3,8-10H2,1-2H3,(H,15,19)(H,17,18). The van der Waals surface area contributed by atoms with Gasteiger partial charge in [-0.3, -0.25) is 0 Å². The lowest BCUT2D eigenvalue weighted by Gasteiger charge is -2.17. The number of nitrogens with one attached hydrogen (secondary N) is 1. The molecule has 0 heterocycles. The Morgan fingerprint density at radius 3 is 2.50 bits per heavy atom. The van der Waals surface area contributed by atoms with Crippen molar-refractivity contribution in [1.82, 2.24) is 10.2 Å². The monoisotopic (exact) mass is 296 g/mol. The van der Waals surface area contributed by atoms with Gasteiger partial charge in [0.25, 0.3) is 0 Å². The molecule has 0 fully saturated rings. The van der Waals surface area contributed by atoms with E-state index in [0.717, 1.165) is 24.3 Å². The largest absolute Gasteiger partial charge is 0.478 e. The fraction of sp³-hybridized carbons (Fsp3) is 0.429. The van der Waals surface area contributed by atoms with Crippen LogP contribution in [0.15, 0.2) is 24.3 Å². The maximum atomic E-state index is 11.8. The highest BCUT2D eigenvalue weighted by Crippen LogP contribution is 2.04. The first kappa shape index (κ1) is 16.4. The third-order valence-corrected chi connectivity index (χ3v) is 3.53. The van der Waals surface area contributed by atoms with Gasteiger partial charge >= 0.3 is 12.0 Å². The molecule has 5 nitrogen and oxygen atoms in total. The molecule has 0 atom stereocenters. The number of thioether (sulfide) groups is 1. The van der Waals surface area contributed by atoms with Crippen LogP contribution in [-0.2, 0) is 6.54 Å². The number of aromatic carboxylic acids is 1. The quantitative estimate of drug-likeness (QED) is 0.757. The smallest absolute Gasteiger partial charge is 0.335 e. The number of carboxylic acid groups (broad SMARTS) is 1. The number of nitrogens with zero attached hydrogens (tertiary/aromatic N) is 1. The van der Waals surface area contributed by atoms with Crippen molar-refractivity contribution in [2.45, 2.75) is 13.0 Å². The van der Waals surface area contributed by atoms with E-state index in [4.69, 9.17) is 5.11 Å². The Kier molecular flexibility index (Phi) is 6.93. The lowest BCUT2D eigenvalue weighted by molar-refractivity contribution is 0.0697. The van der Waals surface area contributed by atoms with Crippen molar-refractivity contribution in [2.75, 3.05) is 25.6 Å². The van der Waals surface area contributed by atoms with Crippen molar-refractivity contribution in [1.29, 1.82) is 0 Å². The van der Waals surface area contributed by atoms with Crippen molar-refractivity contribution in [2.24, 2.45) is 0 Å². The van der Waals surface area contributed by atoms with Gasteiger partial charge in [-0.25, -0.2) is 9.59 Å². The zero-order valence-electron chi connectivity index (χ0n) is 11.8. The number of hydrogen-bond donors (Lipinski definition) is 2. The molecule has 6 heteroatoms. The minimum Gasteiger partial charge on any atom is -0.478 e. The highest BCUT2D eigenvalue weighted by Gasteiger charge is 2.07. The summed E-state index contributed by atoms with van der Waals surface area (Å²) in [6, 6.07) is 6.36. The minimum absolute atomic E-state index is 0.117. The van der Waals surface area contributed by atoms with Crippen molar-refractivity contribution in [3.05, 3.63) is 35.4 Å². The van der Waals surface area contributed by atoms with Gasteiger partial charge in [0.15, 0.2) is 0 Å². The SMILES string of the molecule is CSCCCN(C)C(=O)NCc1ccc(C(=O)O)cc1. The number of carbonyl (C=O) groups excluding carboxylic acids is 1. The minimum atomic E-state index is -0.950. The van der Waals surface area contributed by atoms with Gasteiger partial charge in [-0.15, -0.1) is 0 Å². The predicted octanol–water partition coefficient (Wildman–Crippen LogP) is 2.28. The van der Waals surface area contributed by atoms with Crippen LogP contribution < -0.4 is 5.32 Å². The summed E-state index contributed by atoms with van der Waals surface area (Å²) >= 11 is 1.76. The number of urea groups is 1. The molecule has 0 aliphatic carbocycles. The van der Waals surface area contributed by atoms with Crippen molar-refractivity contribution >= 4 is 23.8 Å². The third kappa shape index (κ3) is 5.52. The van der Waals surface area contributed by atoms with Gasteiger partial charge in [-0.2, -0.15) is 11.8 Å². The van der Waals surface area contributed by atoms with E-state index in [0.29, 0.717) is 6.54 Å². The highest BCUT2D eigenvalue weighted by molar-refractivity contribution is 7.98. The maximum Gasteiger partial charge on any atom is 0.335 e. The van der Waals surface area contributed by atoms with Gasteiger partial charge in [0, 0.05) is 20.1 Å². The van der Waals surface area contributed by atoms with Crippen LogP contribution in [0.5, 0.6) is 0 Å². The van der Waals surface area contributed by atoms with E-state index in [9.17, 15) is 9.59 Å². The second kappa shape index (κ2) is 8.47. The van der Waals surface area contributed by atoms with Crippen LogP contribution in [-0.4, -0.2) is 47.6 Å². The molecule has 0 saturated heterocycles. The normalized spacial score (nSPS) is 10.1. The first-order valence-electron chi connectivity index (χ1n) is 6.34. The number of benzene rings is 1. The number of carboxylic acids is 1. The van der Waals surface area contributed by atoms with E-state index >= 15 is 0 Å². The van der Waals surface area contributed by atoms with Crippen LogP contribution in [0.1, 0.15) is 22.3 Å². The van der Waals surface area contributed by atoms with Crippen LogP contribution in [0, 0.1) is 0 Å². The molecule has 2 N–H and O–H groups in total. The molecule has 1 aromatic carbocycles. The molecule has 110 valence electrons. The Balaban J connectivity index is 2.38. The van der Waals surface area contributed by atoms with E-state index in [1.165, 1.54) is 12.1 Å². The second-order valence-electron chi connectivity index (χ2n) is 4.43. The summed E-state index contributed by atoms with van der Waals surface area (Å²) in [5.74, 6) is 0.0861. The van der Waals surface area contributed by atoms with Gasteiger partial charge in [-0.1, -0.05) is 12.1 Å². The van der Waals surface area contributed by atoms with Gasteiger partial charge in [0.2, 0.25) is 0 Å². The highest BCUT2D eigenvalue weighted by atomic mass is 32.2. The maximum absolute atomic E-state index is 11.8. The van der Waals surface area contributed by atoms with E-state index in [-0.39, 0.29) is 11.6 Å².